The first kappa shape index (κ1) is 20.8. The predicted octanol–water partition coefficient (Wildman–Crippen LogP) is 3.61. The molecule has 158 valence electrons. The van der Waals surface area contributed by atoms with E-state index >= 15 is 0 Å². The van der Waals surface area contributed by atoms with Gasteiger partial charge in [-0.2, -0.15) is 0 Å². The summed E-state index contributed by atoms with van der Waals surface area (Å²) in [6.45, 7) is 1.25. The molecular formula is C23H28N4O2S. The molecule has 1 atom stereocenters. The van der Waals surface area contributed by atoms with Crippen LogP contribution in [0.1, 0.15) is 52.8 Å². The maximum atomic E-state index is 13.0. The number of hydrogen-bond donors (Lipinski definition) is 1. The number of benzene rings is 1. The fourth-order valence-electron chi connectivity index (χ4n) is 4.05. The standard InChI is InChI=1S/C23H28N4O2S/c1-26(2)19(20-8-7-13-30-20)15-24-22(28)16-10-11-17-18(14-16)25-21-9-5-3-4-6-12-27(21)23(17)29/h7-8,10-11,13-14,19H,3-6,9,12,15H2,1-2H3,(H,24,28). The highest BCUT2D eigenvalue weighted by atomic mass is 32.1. The number of hydrogen-bond acceptors (Lipinski definition) is 5. The number of likely N-dealkylation sites (N-methyl/N-ethyl adjacent to an activating group) is 1. The van der Waals surface area contributed by atoms with E-state index < -0.39 is 0 Å². The van der Waals surface area contributed by atoms with Gasteiger partial charge in [-0.25, -0.2) is 4.98 Å². The molecule has 1 N–H and O–H groups in total. The highest BCUT2D eigenvalue weighted by molar-refractivity contribution is 7.10. The van der Waals surface area contributed by atoms with Crippen LogP contribution in [0, 0.1) is 0 Å². The number of rotatable bonds is 5. The largest absolute Gasteiger partial charge is 0.350 e. The van der Waals surface area contributed by atoms with E-state index in [4.69, 9.17) is 4.98 Å². The predicted molar refractivity (Wildman–Crippen MR) is 121 cm³/mol. The Kier molecular flexibility index (Phi) is 6.29. The van der Waals surface area contributed by atoms with Crippen LogP contribution in [0.2, 0.25) is 0 Å². The number of carbonyl (C=O) groups is 1. The molecule has 0 fully saturated rings. The van der Waals surface area contributed by atoms with Gasteiger partial charge in [0.15, 0.2) is 0 Å². The summed E-state index contributed by atoms with van der Waals surface area (Å²) in [6, 6.07) is 9.46. The van der Waals surface area contributed by atoms with Crippen LogP contribution < -0.4 is 10.9 Å². The van der Waals surface area contributed by atoms with Crippen molar-refractivity contribution in [3.8, 4) is 0 Å². The summed E-state index contributed by atoms with van der Waals surface area (Å²) >= 11 is 1.69. The molecule has 3 aromatic rings. The van der Waals surface area contributed by atoms with Gasteiger partial charge in [0, 0.05) is 30.0 Å². The molecule has 30 heavy (non-hydrogen) atoms. The number of nitrogens with one attached hydrogen (secondary N) is 1. The van der Waals surface area contributed by atoms with Gasteiger partial charge in [0.2, 0.25) is 0 Å². The number of carbonyl (C=O) groups excluding carboxylic acids is 1. The molecule has 1 aliphatic rings. The second-order valence-corrected chi connectivity index (χ2v) is 9.07. The summed E-state index contributed by atoms with van der Waals surface area (Å²) in [5, 5.41) is 5.68. The lowest BCUT2D eigenvalue weighted by atomic mass is 10.1. The van der Waals surface area contributed by atoms with Crippen LogP contribution >= 0.6 is 11.3 Å². The Morgan fingerprint density at radius 1 is 1.23 bits per heavy atom. The number of nitrogens with zero attached hydrogens (tertiary/aromatic N) is 3. The number of amides is 1. The van der Waals surface area contributed by atoms with E-state index in [0.717, 1.165) is 38.1 Å². The van der Waals surface area contributed by atoms with Crippen LogP contribution in [0.15, 0.2) is 40.5 Å². The van der Waals surface area contributed by atoms with Crippen molar-refractivity contribution >= 4 is 28.1 Å². The number of aryl methyl sites for hydroxylation is 1. The molecule has 3 heterocycles. The van der Waals surface area contributed by atoms with Crippen molar-refractivity contribution in [2.24, 2.45) is 0 Å². The van der Waals surface area contributed by atoms with Crippen LogP contribution in [-0.4, -0.2) is 41.0 Å². The smallest absolute Gasteiger partial charge is 0.261 e. The second-order valence-electron chi connectivity index (χ2n) is 8.09. The third-order valence-electron chi connectivity index (χ3n) is 5.78. The molecule has 0 aliphatic carbocycles. The Labute approximate surface area is 180 Å². The lowest BCUT2D eigenvalue weighted by Gasteiger charge is -2.23. The minimum atomic E-state index is -0.144. The van der Waals surface area contributed by atoms with E-state index in [-0.39, 0.29) is 17.5 Å². The first-order chi connectivity index (χ1) is 14.5. The quantitative estimate of drug-likeness (QED) is 0.680. The Morgan fingerprint density at radius 3 is 2.83 bits per heavy atom. The topological polar surface area (TPSA) is 67.2 Å². The SMILES string of the molecule is CN(C)C(CNC(=O)c1ccc2c(=O)n3c(nc2c1)CCCCCC3)c1cccs1. The molecule has 0 saturated carbocycles. The molecule has 0 saturated heterocycles. The van der Waals surface area contributed by atoms with Crippen molar-refractivity contribution in [1.82, 2.24) is 19.8 Å². The highest BCUT2D eigenvalue weighted by Gasteiger charge is 2.18. The van der Waals surface area contributed by atoms with Gasteiger partial charge in [-0.05, 0) is 56.6 Å². The average molecular weight is 425 g/mol. The zero-order valence-electron chi connectivity index (χ0n) is 17.6. The van der Waals surface area contributed by atoms with E-state index in [1.54, 1.807) is 29.5 Å². The summed E-state index contributed by atoms with van der Waals surface area (Å²) in [6.07, 6.45) is 5.20. The van der Waals surface area contributed by atoms with Crippen LogP contribution in [0.3, 0.4) is 0 Å². The summed E-state index contributed by atoms with van der Waals surface area (Å²) in [5.41, 5.74) is 1.16. The Balaban J connectivity index is 1.57. The lowest BCUT2D eigenvalue weighted by Crippen LogP contribution is -2.34. The number of thiophene rings is 1. The van der Waals surface area contributed by atoms with Gasteiger partial charge < -0.3 is 10.2 Å². The van der Waals surface area contributed by atoms with Gasteiger partial charge >= 0.3 is 0 Å². The third-order valence-corrected chi connectivity index (χ3v) is 6.75. The van der Waals surface area contributed by atoms with Crippen LogP contribution in [0.25, 0.3) is 10.9 Å². The van der Waals surface area contributed by atoms with E-state index in [1.165, 1.54) is 11.3 Å². The van der Waals surface area contributed by atoms with E-state index in [1.807, 2.05) is 30.1 Å². The van der Waals surface area contributed by atoms with E-state index in [0.29, 0.717) is 23.0 Å². The first-order valence-corrected chi connectivity index (χ1v) is 11.4. The van der Waals surface area contributed by atoms with Gasteiger partial charge in [-0.1, -0.05) is 18.9 Å². The minimum absolute atomic E-state index is 0.00854. The third kappa shape index (κ3) is 4.32. The van der Waals surface area contributed by atoms with Crippen molar-refractivity contribution in [3.05, 3.63) is 62.3 Å². The Morgan fingerprint density at radius 2 is 2.07 bits per heavy atom. The van der Waals surface area contributed by atoms with Crippen molar-refractivity contribution in [1.29, 1.82) is 0 Å². The lowest BCUT2D eigenvalue weighted by molar-refractivity contribution is 0.0942. The van der Waals surface area contributed by atoms with Crippen LogP contribution in [0.4, 0.5) is 0 Å². The maximum absolute atomic E-state index is 13.0. The molecule has 2 aromatic heterocycles. The molecule has 6 nitrogen and oxygen atoms in total. The fourth-order valence-corrected chi connectivity index (χ4v) is 4.97. The zero-order chi connectivity index (χ0) is 21.1. The molecular weight excluding hydrogens is 396 g/mol. The Hall–Kier alpha value is -2.51. The molecule has 0 radical (unpaired) electrons. The van der Waals surface area contributed by atoms with Crippen LogP contribution in [-0.2, 0) is 13.0 Å². The summed E-state index contributed by atoms with van der Waals surface area (Å²) in [7, 11) is 4.02. The normalized spacial score (nSPS) is 15.4. The summed E-state index contributed by atoms with van der Waals surface area (Å²) in [4.78, 5) is 33.9. The van der Waals surface area contributed by atoms with Gasteiger partial charge in [0.05, 0.1) is 16.9 Å². The van der Waals surface area contributed by atoms with E-state index in [2.05, 4.69) is 16.3 Å². The highest BCUT2D eigenvalue weighted by Crippen LogP contribution is 2.22. The first-order valence-electron chi connectivity index (χ1n) is 10.6. The fraction of sp³-hybridized carbons (Fsp3) is 0.435. The molecule has 0 spiro atoms. The zero-order valence-corrected chi connectivity index (χ0v) is 18.4. The minimum Gasteiger partial charge on any atom is -0.350 e. The molecule has 1 amide bonds. The van der Waals surface area contributed by atoms with Crippen LogP contribution in [0.5, 0.6) is 0 Å². The monoisotopic (exact) mass is 424 g/mol. The van der Waals surface area contributed by atoms with Crippen molar-refractivity contribution < 1.29 is 4.79 Å². The van der Waals surface area contributed by atoms with Crippen molar-refractivity contribution in [2.75, 3.05) is 20.6 Å². The van der Waals surface area contributed by atoms with E-state index in [9.17, 15) is 9.59 Å². The molecule has 0 bridgehead atoms. The second kappa shape index (κ2) is 9.10. The van der Waals surface area contributed by atoms with Gasteiger partial charge in [0.25, 0.3) is 11.5 Å². The van der Waals surface area contributed by atoms with Gasteiger partial charge in [-0.3, -0.25) is 14.2 Å². The molecule has 1 unspecified atom stereocenters. The Bertz CT molecular complexity index is 1090. The van der Waals surface area contributed by atoms with Crippen molar-refractivity contribution in [2.45, 2.75) is 44.7 Å². The maximum Gasteiger partial charge on any atom is 0.261 e. The van der Waals surface area contributed by atoms with Crippen molar-refractivity contribution in [3.63, 3.8) is 0 Å². The summed E-state index contributed by atoms with van der Waals surface area (Å²) in [5.74, 6) is 0.698. The number of fused-ring (bicyclic) bond motifs is 2. The molecule has 4 rings (SSSR count). The molecule has 1 aliphatic heterocycles. The molecule has 1 aromatic carbocycles. The van der Waals surface area contributed by atoms with Gasteiger partial charge in [0.1, 0.15) is 5.82 Å². The average Bonchev–Trinajstić information content (AvgIpc) is 3.23. The van der Waals surface area contributed by atoms with Gasteiger partial charge in [-0.15, -0.1) is 11.3 Å². The molecule has 7 heteroatoms. The summed E-state index contributed by atoms with van der Waals surface area (Å²) < 4.78 is 1.82. The number of aromatic nitrogens is 2.